The van der Waals surface area contributed by atoms with Crippen LogP contribution in [0.25, 0.3) is 0 Å². The highest BCUT2D eigenvalue weighted by molar-refractivity contribution is 5.81. The van der Waals surface area contributed by atoms with Gasteiger partial charge in [0.05, 0.1) is 31.3 Å². The normalized spacial score (nSPS) is 27.2. The van der Waals surface area contributed by atoms with Crippen molar-refractivity contribution in [3.8, 4) is 34.8 Å². The minimum Gasteiger partial charge on any atom is -0.507 e. The molecule has 1 saturated heterocycles. The van der Waals surface area contributed by atoms with Gasteiger partial charge in [0.1, 0.15) is 11.8 Å². The molecule has 4 aliphatic heterocycles. The van der Waals surface area contributed by atoms with Crippen molar-refractivity contribution in [1.29, 1.82) is 5.26 Å². The number of hydrogen-bond donors (Lipinski definition) is 4. The third-order valence-electron chi connectivity index (χ3n) is 9.17. The van der Waals surface area contributed by atoms with Crippen LogP contribution in [0, 0.1) is 25.2 Å². The quantitative estimate of drug-likeness (QED) is 0.443. The Kier molecular flexibility index (Phi) is 6.25. The number of hydrogen-bond acceptors (Lipinski definition) is 10. The largest absolute Gasteiger partial charge is 0.507 e. The number of rotatable bonds is 4. The van der Waals surface area contributed by atoms with Crippen molar-refractivity contribution >= 4 is 5.91 Å². The molecule has 0 aromatic heterocycles. The number of fused-ring (bicyclic) bond motifs is 9. The molecule has 0 saturated carbocycles. The number of carbonyl (C=O) groups is 1. The highest BCUT2D eigenvalue weighted by Crippen LogP contribution is 2.58. The smallest absolute Gasteiger partial charge is 0.236 e. The summed E-state index contributed by atoms with van der Waals surface area (Å²) in [6, 6.07) is 2.02. The molecule has 11 heteroatoms. The number of aryl methyl sites for hydroxylation is 1. The van der Waals surface area contributed by atoms with E-state index in [1.54, 1.807) is 21.0 Å². The zero-order chi connectivity index (χ0) is 28.6. The van der Waals surface area contributed by atoms with E-state index in [9.17, 15) is 20.3 Å². The summed E-state index contributed by atoms with van der Waals surface area (Å²) in [6.45, 7) is 5.48. The molecule has 6 atom stereocenters. The molecule has 1 fully saturated rings. The van der Waals surface area contributed by atoms with Crippen molar-refractivity contribution in [3.05, 3.63) is 39.4 Å². The molecule has 2 aromatic carbocycles. The zero-order valence-electron chi connectivity index (χ0n) is 23.3. The van der Waals surface area contributed by atoms with Crippen LogP contribution in [0.4, 0.5) is 0 Å². The maximum absolute atomic E-state index is 12.6. The molecule has 4 heterocycles. The molecule has 2 aromatic rings. The minimum atomic E-state index is -0.714. The van der Waals surface area contributed by atoms with Crippen molar-refractivity contribution in [2.24, 2.45) is 5.73 Å². The predicted octanol–water partition coefficient (Wildman–Crippen LogP) is 1.69. The molecular weight excluding hydrogens is 514 g/mol. The first-order valence-electron chi connectivity index (χ1n) is 13.6. The van der Waals surface area contributed by atoms with Crippen molar-refractivity contribution in [3.63, 3.8) is 0 Å². The number of phenols is 2. The number of phenolic OH excluding ortho intramolecular Hbond substituents is 2. The lowest BCUT2D eigenvalue weighted by Crippen LogP contribution is -2.68. The van der Waals surface area contributed by atoms with Crippen molar-refractivity contribution in [2.75, 3.05) is 27.5 Å². The monoisotopic (exact) mass is 549 g/mol. The standard InChI is InChI=1S/C29H35N5O6/c1-12-6-15-7-17-19(9-30)34-18(23(33(17)4)21(15)25(36)26(12)38-5)8-16-22(20(34)10-32-29(37)14(3)31)28-27(39-11-40-28)13(2)24(16)35/h6,14,17-20,23,35-36H,7-8,10-11,31H2,1-5H3,(H,32,37)/t14?,17?,18?,19-,20?,23?/m0/s1. The minimum absolute atomic E-state index is 0.0183. The van der Waals surface area contributed by atoms with E-state index >= 15 is 0 Å². The molecule has 11 nitrogen and oxygen atoms in total. The summed E-state index contributed by atoms with van der Waals surface area (Å²) in [5, 5.41) is 36.5. The number of methoxy groups -OCH3 is 1. The van der Waals surface area contributed by atoms with Gasteiger partial charge in [-0.25, -0.2) is 0 Å². The average Bonchev–Trinajstić information content (AvgIpc) is 3.41. The van der Waals surface area contributed by atoms with Gasteiger partial charge < -0.3 is 35.5 Å². The lowest BCUT2D eigenvalue weighted by molar-refractivity contribution is -0.123. The summed E-state index contributed by atoms with van der Waals surface area (Å²) in [4.78, 5) is 17.0. The summed E-state index contributed by atoms with van der Waals surface area (Å²) in [5.41, 5.74) is 10.4. The van der Waals surface area contributed by atoms with Crippen LogP contribution in [0.3, 0.4) is 0 Å². The van der Waals surface area contributed by atoms with Gasteiger partial charge in [0, 0.05) is 40.9 Å². The molecule has 5 N–H and O–H groups in total. The Morgan fingerprint density at radius 1 is 1.23 bits per heavy atom. The summed E-state index contributed by atoms with van der Waals surface area (Å²) in [7, 11) is 3.53. The molecule has 0 spiro atoms. The first kappa shape index (κ1) is 26.5. The molecule has 40 heavy (non-hydrogen) atoms. The second kappa shape index (κ2) is 9.44. The van der Waals surface area contributed by atoms with Crippen LogP contribution >= 0.6 is 0 Å². The fourth-order valence-corrected chi connectivity index (χ4v) is 7.40. The number of piperazine rings is 1. The highest BCUT2D eigenvalue weighted by Gasteiger charge is 2.56. The second-order valence-corrected chi connectivity index (χ2v) is 11.3. The van der Waals surface area contributed by atoms with Crippen LogP contribution in [0.15, 0.2) is 6.07 Å². The van der Waals surface area contributed by atoms with Crippen LogP contribution in [-0.4, -0.2) is 77.6 Å². The van der Waals surface area contributed by atoms with Gasteiger partial charge in [-0.15, -0.1) is 0 Å². The predicted molar refractivity (Wildman–Crippen MR) is 144 cm³/mol. The Labute approximate surface area is 233 Å². The van der Waals surface area contributed by atoms with E-state index in [4.69, 9.17) is 19.9 Å². The summed E-state index contributed by atoms with van der Waals surface area (Å²) in [6.07, 6.45) is 0.955. The van der Waals surface area contributed by atoms with Crippen molar-refractivity contribution in [2.45, 2.75) is 69.9 Å². The second-order valence-electron chi connectivity index (χ2n) is 11.3. The number of nitrogens with zero attached hydrogens (tertiary/aromatic N) is 3. The lowest BCUT2D eigenvalue weighted by Gasteiger charge is -2.60. The Bertz CT molecular complexity index is 1450. The number of likely N-dealkylation sites (N-methyl/N-ethyl adjacent to an activating group) is 1. The SMILES string of the molecule is COc1c(C)cc2c(c1O)C1C3Cc4c(O)c(C)c5c(c4C(CNC(=O)C(C)N)N3[C@@H](C#N)C(C2)N1C)OCO5. The lowest BCUT2D eigenvalue weighted by atomic mass is 9.71. The fourth-order valence-electron chi connectivity index (χ4n) is 7.40. The molecular formula is C29H35N5O6. The average molecular weight is 550 g/mol. The number of nitrogens with one attached hydrogen (secondary N) is 1. The number of amides is 1. The zero-order valence-corrected chi connectivity index (χ0v) is 23.3. The summed E-state index contributed by atoms with van der Waals surface area (Å²) in [5.74, 6) is 1.33. The van der Waals surface area contributed by atoms with Crippen LogP contribution in [-0.2, 0) is 17.6 Å². The maximum Gasteiger partial charge on any atom is 0.236 e. The van der Waals surface area contributed by atoms with Crippen LogP contribution in [0.2, 0.25) is 0 Å². The molecule has 0 radical (unpaired) electrons. The van der Waals surface area contributed by atoms with Crippen LogP contribution in [0.1, 0.15) is 52.4 Å². The maximum atomic E-state index is 12.6. The number of aromatic hydroxyl groups is 2. The third-order valence-corrected chi connectivity index (χ3v) is 9.17. The Morgan fingerprint density at radius 3 is 2.62 bits per heavy atom. The Hall–Kier alpha value is -3.72. The van der Waals surface area contributed by atoms with Crippen molar-refractivity contribution in [1.82, 2.24) is 15.1 Å². The van der Waals surface area contributed by atoms with E-state index in [0.29, 0.717) is 46.8 Å². The molecule has 6 rings (SSSR count). The van der Waals surface area contributed by atoms with Crippen LogP contribution in [0.5, 0.6) is 28.7 Å². The van der Waals surface area contributed by atoms with E-state index in [1.165, 1.54) is 0 Å². The summed E-state index contributed by atoms with van der Waals surface area (Å²) >= 11 is 0. The molecule has 2 bridgehead atoms. The van der Waals surface area contributed by atoms with Gasteiger partial charge >= 0.3 is 0 Å². The first-order chi connectivity index (χ1) is 19.1. The van der Waals surface area contributed by atoms with Crippen LogP contribution < -0.4 is 25.3 Å². The van der Waals surface area contributed by atoms with E-state index in [1.807, 2.05) is 20.0 Å². The number of nitriles is 1. The molecule has 5 unspecified atom stereocenters. The number of carbonyl (C=O) groups excluding carboxylic acids is 1. The molecule has 0 aliphatic carbocycles. The van der Waals surface area contributed by atoms with Gasteiger partial charge in [-0.05, 0) is 51.8 Å². The van der Waals surface area contributed by atoms with E-state index in [-0.39, 0.29) is 48.9 Å². The number of nitrogens with two attached hydrogens (primary N) is 1. The molecule has 1 amide bonds. The highest BCUT2D eigenvalue weighted by atomic mass is 16.7. The van der Waals surface area contributed by atoms with Gasteiger partial charge in [-0.1, -0.05) is 6.07 Å². The number of ether oxygens (including phenoxy) is 3. The first-order valence-corrected chi connectivity index (χ1v) is 13.6. The van der Waals surface area contributed by atoms with Gasteiger partial charge in [0.2, 0.25) is 12.7 Å². The number of benzene rings is 2. The Morgan fingerprint density at radius 2 is 1.95 bits per heavy atom. The van der Waals surface area contributed by atoms with E-state index < -0.39 is 18.1 Å². The van der Waals surface area contributed by atoms with Gasteiger partial charge in [0.25, 0.3) is 0 Å². The Balaban J connectivity index is 1.58. The topological polar surface area (TPSA) is 154 Å². The third kappa shape index (κ3) is 3.56. The van der Waals surface area contributed by atoms with E-state index in [2.05, 4.69) is 21.2 Å². The summed E-state index contributed by atoms with van der Waals surface area (Å²) < 4.78 is 17.3. The van der Waals surface area contributed by atoms with Crippen molar-refractivity contribution < 1.29 is 29.2 Å². The van der Waals surface area contributed by atoms with E-state index in [0.717, 1.165) is 16.7 Å². The van der Waals surface area contributed by atoms with Gasteiger partial charge in [-0.3, -0.25) is 14.6 Å². The van der Waals surface area contributed by atoms with Gasteiger partial charge in [0.15, 0.2) is 23.0 Å². The van der Waals surface area contributed by atoms with Gasteiger partial charge in [-0.2, -0.15) is 5.26 Å². The molecule has 212 valence electrons. The molecule has 4 aliphatic rings. The fraction of sp³-hybridized carbons (Fsp3) is 0.517.